The largest absolute Gasteiger partial charge is 0.330 e. The second kappa shape index (κ2) is 6.02. The van der Waals surface area contributed by atoms with Gasteiger partial charge in [-0.15, -0.1) is 0 Å². The topological polar surface area (TPSA) is 38.0 Å². The standard InChI is InChI=1S/C14H24N2/c1-10-8-12(3)14(9-11(10)2)13(4)16-7-5-6-15/h8-9,13,16H,5-7,15H2,1-4H3. The highest BCUT2D eigenvalue weighted by Crippen LogP contribution is 2.21. The Balaban J connectivity index is 2.75. The van der Waals surface area contributed by atoms with Gasteiger partial charge in [0.15, 0.2) is 0 Å². The lowest BCUT2D eigenvalue weighted by molar-refractivity contribution is 0.559. The number of rotatable bonds is 5. The molecule has 0 amide bonds. The summed E-state index contributed by atoms with van der Waals surface area (Å²) in [4.78, 5) is 0. The summed E-state index contributed by atoms with van der Waals surface area (Å²) in [5, 5.41) is 3.51. The summed E-state index contributed by atoms with van der Waals surface area (Å²) in [6.45, 7) is 10.5. The Morgan fingerprint density at radius 3 is 2.38 bits per heavy atom. The summed E-state index contributed by atoms with van der Waals surface area (Å²) in [6.07, 6.45) is 1.04. The molecule has 3 N–H and O–H groups in total. The van der Waals surface area contributed by atoms with Crippen molar-refractivity contribution in [3.05, 3.63) is 34.4 Å². The van der Waals surface area contributed by atoms with Gasteiger partial charge >= 0.3 is 0 Å². The fraction of sp³-hybridized carbons (Fsp3) is 0.571. The minimum atomic E-state index is 0.408. The van der Waals surface area contributed by atoms with Crippen molar-refractivity contribution in [2.45, 2.75) is 40.2 Å². The van der Waals surface area contributed by atoms with Gasteiger partial charge in [0.2, 0.25) is 0 Å². The van der Waals surface area contributed by atoms with Crippen molar-refractivity contribution in [2.75, 3.05) is 13.1 Å². The molecule has 0 aliphatic carbocycles. The third kappa shape index (κ3) is 3.32. The molecule has 1 aromatic rings. The Hall–Kier alpha value is -0.860. The maximum Gasteiger partial charge on any atom is 0.0294 e. The molecule has 0 radical (unpaired) electrons. The van der Waals surface area contributed by atoms with Gasteiger partial charge in [0.1, 0.15) is 0 Å². The maximum absolute atomic E-state index is 5.49. The van der Waals surface area contributed by atoms with Crippen molar-refractivity contribution in [3.8, 4) is 0 Å². The Bertz CT molecular complexity index is 345. The van der Waals surface area contributed by atoms with Crippen LogP contribution >= 0.6 is 0 Å². The second-order valence-electron chi connectivity index (χ2n) is 4.61. The molecule has 0 aliphatic rings. The minimum absolute atomic E-state index is 0.408. The summed E-state index contributed by atoms with van der Waals surface area (Å²) < 4.78 is 0. The van der Waals surface area contributed by atoms with Crippen LogP contribution in [0.1, 0.15) is 41.6 Å². The summed E-state index contributed by atoms with van der Waals surface area (Å²) >= 11 is 0. The molecule has 16 heavy (non-hydrogen) atoms. The number of benzene rings is 1. The van der Waals surface area contributed by atoms with E-state index in [2.05, 4.69) is 45.1 Å². The molecule has 0 saturated heterocycles. The van der Waals surface area contributed by atoms with Gasteiger partial charge in [-0.2, -0.15) is 0 Å². The average molecular weight is 220 g/mol. The SMILES string of the molecule is Cc1cc(C)c(C(C)NCCCN)cc1C. The Labute approximate surface area is 99.2 Å². The van der Waals surface area contributed by atoms with Gasteiger partial charge in [-0.05, 0) is 69.5 Å². The van der Waals surface area contributed by atoms with E-state index in [0.29, 0.717) is 6.04 Å². The molecule has 1 aromatic carbocycles. The average Bonchev–Trinajstić information content (AvgIpc) is 2.23. The fourth-order valence-electron chi connectivity index (χ4n) is 1.98. The molecule has 1 rings (SSSR count). The fourth-order valence-corrected chi connectivity index (χ4v) is 1.98. The molecule has 0 fully saturated rings. The van der Waals surface area contributed by atoms with Gasteiger partial charge in [-0.3, -0.25) is 0 Å². The number of nitrogens with two attached hydrogens (primary N) is 1. The van der Waals surface area contributed by atoms with Crippen LogP contribution in [0.3, 0.4) is 0 Å². The lowest BCUT2D eigenvalue weighted by atomic mass is 9.96. The smallest absolute Gasteiger partial charge is 0.0294 e. The first-order chi connectivity index (χ1) is 7.56. The van der Waals surface area contributed by atoms with Crippen molar-refractivity contribution >= 4 is 0 Å². The summed E-state index contributed by atoms with van der Waals surface area (Å²) in [5.74, 6) is 0. The summed E-state index contributed by atoms with van der Waals surface area (Å²) in [5.41, 5.74) is 11.0. The van der Waals surface area contributed by atoms with Gasteiger partial charge in [-0.1, -0.05) is 12.1 Å². The number of nitrogens with one attached hydrogen (secondary N) is 1. The van der Waals surface area contributed by atoms with E-state index in [4.69, 9.17) is 5.73 Å². The van der Waals surface area contributed by atoms with Gasteiger partial charge in [0.05, 0.1) is 0 Å². The summed E-state index contributed by atoms with van der Waals surface area (Å²) in [6, 6.07) is 4.97. The van der Waals surface area contributed by atoms with E-state index in [9.17, 15) is 0 Å². The van der Waals surface area contributed by atoms with E-state index in [1.807, 2.05) is 0 Å². The minimum Gasteiger partial charge on any atom is -0.330 e. The Kier molecular flexibility index (Phi) is 4.97. The molecule has 0 aliphatic heterocycles. The van der Waals surface area contributed by atoms with Gasteiger partial charge < -0.3 is 11.1 Å². The van der Waals surface area contributed by atoms with Crippen LogP contribution in [0.25, 0.3) is 0 Å². The van der Waals surface area contributed by atoms with E-state index in [1.165, 1.54) is 22.3 Å². The van der Waals surface area contributed by atoms with E-state index in [-0.39, 0.29) is 0 Å². The first kappa shape index (κ1) is 13.2. The highest BCUT2D eigenvalue weighted by Gasteiger charge is 2.08. The number of aryl methyl sites for hydroxylation is 3. The van der Waals surface area contributed by atoms with Crippen molar-refractivity contribution in [1.82, 2.24) is 5.32 Å². The lowest BCUT2D eigenvalue weighted by Gasteiger charge is -2.18. The van der Waals surface area contributed by atoms with Gasteiger partial charge in [0.25, 0.3) is 0 Å². The molecule has 0 heterocycles. The van der Waals surface area contributed by atoms with E-state index in [1.54, 1.807) is 0 Å². The highest BCUT2D eigenvalue weighted by molar-refractivity contribution is 5.37. The predicted octanol–water partition coefficient (Wildman–Crippen LogP) is 2.61. The normalized spacial score (nSPS) is 12.8. The molecular formula is C14H24N2. The quantitative estimate of drug-likeness (QED) is 0.749. The van der Waals surface area contributed by atoms with E-state index >= 15 is 0 Å². The first-order valence-corrected chi connectivity index (χ1v) is 6.07. The molecule has 0 aromatic heterocycles. The lowest BCUT2D eigenvalue weighted by Crippen LogP contribution is -2.22. The van der Waals surface area contributed by atoms with Gasteiger partial charge in [-0.25, -0.2) is 0 Å². The van der Waals surface area contributed by atoms with Crippen LogP contribution < -0.4 is 11.1 Å². The van der Waals surface area contributed by atoms with Crippen LogP contribution in [0.15, 0.2) is 12.1 Å². The molecule has 1 atom stereocenters. The zero-order valence-corrected chi connectivity index (χ0v) is 10.9. The van der Waals surface area contributed by atoms with Crippen molar-refractivity contribution < 1.29 is 0 Å². The molecule has 1 unspecified atom stereocenters. The van der Waals surface area contributed by atoms with Crippen LogP contribution in [0.2, 0.25) is 0 Å². The number of hydrogen-bond acceptors (Lipinski definition) is 2. The van der Waals surface area contributed by atoms with Gasteiger partial charge in [0, 0.05) is 6.04 Å². The molecule has 0 bridgehead atoms. The second-order valence-corrected chi connectivity index (χ2v) is 4.61. The zero-order chi connectivity index (χ0) is 12.1. The molecule has 2 nitrogen and oxygen atoms in total. The van der Waals surface area contributed by atoms with Crippen LogP contribution in [-0.2, 0) is 0 Å². The van der Waals surface area contributed by atoms with Crippen molar-refractivity contribution in [2.24, 2.45) is 5.73 Å². The van der Waals surface area contributed by atoms with Crippen LogP contribution in [0.4, 0.5) is 0 Å². The third-order valence-electron chi connectivity index (χ3n) is 3.18. The molecule has 0 saturated carbocycles. The molecular weight excluding hydrogens is 196 g/mol. The monoisotopic (exact) mass is 220 g/mol. The third-order valence-corrected chi connectivity index (χ3v) is 3.18. The van der Waals surface area contributed by atoms with E-state index < -0.39 is 0 Å². The summed E-state index contributed by atoms with van der Waals surface area (Å²) in [7, 11) is 0. The zero-order valence-electron chi connectivity index (χ0n) is 10.9. The van der Waals surface area contributed by atoms with Crippen LogP contribution in [0, 0.1) is 20.8 Å². The molecule has 2 heteroatoms. The maximum atomic E-state index is 5.49. The Morgan fingerprint density at radius 2 is 1.75 bits per heavy atom. The van der Waals surface area contributed by atoms with Crippen molar-refractivity contribution in [3.63, 3.8) is 0 Å². The molecule has 0 spiro atoms. The molecule has 90 valence electrons. The van der Waals surface area contributed by atoms with E-state index in [0.717, 1.165) is 19.5 Å². The number of hydrogen-bond donors (Lipinski definition) is 2. The Morgan fingerprint density at radius 1 is 1.12 bits per heavy atom. The highest BCUT2D eigenvalue weighted by atomic mass is 14.9. The van der Waals surface area contributed by atoms with Crippen LogP contribution in [-0.4, -0.2) is 13.1 Å². The van der Waals surface area contributed by atoms with Crippen molar-refractivity contribution in [1.29, 1.82) is 0 Å². The first-order valence-electron chi connectivity index (χ1n) is 6.07. The van der Waals surface area contributed by atoms with Crippen LogP contribution in [0.5, 0.6) is 0 Å². The predicted molar refractivity (Wildman–Crippen MR) is 70.7 cm³/mol.